The van der Waals surface area contributed by atoms with Crippen LogP contribution in [-0.2, 0) is 0 Å². The minimum Gasteiger partial charge on any atom is -0.496 e. The maximum atomic E-state index is 6.43. The summed E-state index contributed by atoms with van der Waals surface area (Å²) in [6.07, 6.45) is 0.121. The van der Waals surface area contributed by atoms with Crippen LogP contribution in [0.1, 0.15) is 36.6 Å². The van der Waals surface area contributed by atoms with Crippen LogP contribution >= 0.6 is 0 Å². The molecule has 112 valence electrons. The number of methoxy groups -OCH3 is 1. The predicted octanol–water partition coefficient (Wildman–Crippen LogP) is 3.84. The molecule has 0 aromatic heterocycles. The SMILES string of the molecule is COc1ccc(C(N)c2ccccc2OC(C)C)cc1C. The average Bonchev–Trinajstić information content (AvgIpc) is 2.46. The van der Waals surface area contributed by atoms with Gasteiger partial charge in [-0.2, -0.15) is 0 Å². The summed E-state index contributed by atoms with van der Waals surface area (Å²) in [5.74, 6) is 1.71. The van der Waals surface area contributed by atoms with E-state index >= 15 is 0 Å². The largest absolute Gasteiger partial charge is 0.496 e. The van der Waals surface area contributed by atoms with Gasteiger partial charge in [-0.25, -0.2) is 0 Å². The molecule has 2 rings (SSSR count). The van der Waals surface area contributed by atoms with E-state index in [0.717, 1.165) is 28.2 Å². The third kappa shape index (κ3) is 3.56. The van der Waals surface area contributed by atoms with Crippen molar-refractivity contribution in [3.63, 3.8) is 0 Å². The molecule has 2 N–H and O–H groups in total. The minimum atomic E-state index is -0.218. The van der Waals surface area contributed by atoms with Crippen LogP contribution in [0.5, 0.6) is 11.5 Å². The highest BCUT2D eigenvalue weighted by atomic mass is 16.5. The van der Waals surface area contributed by atoms with Crippen LogP contribution in [0.2, 0.25) is 0 Å². The van der Waals surface area contributed by atoms with Gasteiger partial charge in [-0.3, -0.25) is 0 Å². The van der Waals surface area contributed by atoms with Crippen molar-refractivity contribution in [3.05, 3.63) is 59.2 Å². The molecular weight excluding hydrogens is 262 g/mol. The number of rotatable bonds is 5. The number of ether oxygens (including phenoxy) is 2. The lowest BCUT2D eigenvalue weighted by atomic mass is 9.97. The van der Waals surface area contributed by atoms with Gasteiger partial charge in [-0.15, -0.1) is 0 Å². The smallest absolute Gasteiger partial charge is 0.124 e. The summed E-state index contributed by atoms with van der Waals surface area (Å²) < 4.78 is 11.2. The molecular formula is C18H23NO2. The minimum absolute atomic E-state index is 0.121. The molecule has 0 aliphatic heterocycles. The number of aryl methyl sites for hydroxylation is 1. The fraction of sp³-hybridized carbons (Fsp3) is 0.333. The summed E-state index contributed by atoms with van der Waals surface area (Å²) in [4.78, 5) is 0. The first-order chi connectivity index (χ1) is 10.0. The molecule has 21 heavy (non-hydrogen) atoms. The normalized spacial score (nSPS) is 12.3. The molecule has 0 bridgehead atoms. The van der Waals surface area contributed by atoms with Crippen molar-refractivity contribution in [3.8, 4) is 11.5 Å². The molecule has 2 aromatic carbocycles. The monoisotopic (exact) mass is 285 g/mol. The Bertz CT molecular complexity index is 608. The van der Waals surface area contributed by atoms with E-state index in [0.29, 0.717) is 0 Å². The third-order valence-electron chi connectivity index (χ3n) is 3.39. The van der Waals surface area contributed by atoms with Crippen LogP contribution in [-0.4, -0.2) is 13.2 Å². The van der Waals surface area contributed by atoms with Gasteiger partial charge >= 0.3 is 0 Å². The highest BCUT2D eigenvalue weighted by Crippen LogP contribution is 2.31. The van der Waals surface area contributed by atoms with E-state index in [1.807, 2.05) is 57.2 Å². The molecule has 1 atom stereocenters. The lowest BCUT2D eigenvalue weighted by Crippen LogP contribution is -2.15. The third-order valence-corrected chi connectivity index (χ3v) is 3.39. The molecule has 0 aliphatic rings. The van der Waals surface area contributed by atoms with Crippen LogP contribution in [0.25, 0.3) is 0 Å². The highest BCUT2D eigenvalue weighted by molar-refractivity contribution is 5.44. The summed E-state index contributed by atoms with van der Waals surface area (Å²) in [6, 6.07) is 13.7. The van der Waals surface area contributed by atoms with E-state index in [1.165, 1.54) is 0 Å². The Morgan fingerprint density at radius 2 is 1.71 bits per heavy atom. The zero-order valence-electron chi connectivity index (χ0n) is 13.1. The average molecular weight is 285 g/mol. The molecule has 3 heteroatoms. The van der Waals surface area contributed by atoms with Crippen molar-refractivity contribution in [2.75, 3.05) is 7.11 Å². The van der Waals surface area contributed by atoms with Gasteiger partial charge in [0.05, 0.1) is 19.3 Å². The van der Waals surface area contributed by atoms with Gasteiger partial charge < -0.3 is 15.2 Å². The van der Waals surface area contributed by atoms with Gasteiger partial charge in [0.2, 0.25) is 0 Å². The van der Waals surface area contributed by atoms with Gasteiger partial charge in [0, 0.05) is 5.56 Å². The molecule has 1 unspecified atom stereocenters. The van der Waals surface area contributed by atoms with Gasteiger partial charge in [0.1, 0.15) is 11.5 Å². The summed E-state index contributed by atoms with van der Waals surface area (Å²) in [7, 11) is 1.67. The molecule has 0 aliphatic carbocycles. The number of hydrogen-bond donors (Lipinski definition) is 1. The van der Waals surface area contributed by atoms with Gasteiger partial charge in [-0.1, -0.05) is 30.3 Å². The molecule has 0 spiro atoms. The summed E-state index contributed by atoms with van der Waals surface area (Å²) in [5, 5.41) is 0. The topological polar surface area (TPSA) is 44.5 Å². The molecule has 0 heterocycles. The van der Waals surface area contributed by atoms with E-state index in [1.54, 1.807) is 7.11 Å². The molecule has 0 fully saturated rings. The van der Waals surface area contributed by atoms with E-state index in [2.05, 4.69) is 6.07 Å². The summed E-state index contributed by atoms with van der Waals surface area (Å²) in [6.45, 7) is 6.05. The molecule has 2 aromatic rings. The zero-order chi connectivity index (χ0) is 15.4. The second-order valence-electron chi connectivity index (χ2n) is 5.41. The molecule has 0 saturated heterocycles. The number of para-hydroxylation sites is 1. The van der Waals surface area contributed by atoms with Crippen LogP contribution in [0, 0.1) is 6.92 Å². The second-order valence-corrected chi connectivity index (χ2v) is 5.41. The Balaban J connectivity index is 2.35. The molecule has 0 radical (unpaired) electrons. The Labute approximate surface area is 126 Å². The fourth-order valence-corrected chi connectivity index (χ4v) is 2.37. The van der Waals surface area contributed by atoms with E-state index < -0.39 is 0 Å². The summed E-state index contributed by atoms with van der Waals surface area (Å²) >= 11 is 0. The highest BCUT2D eigenvalue weighted by Gasteiger charge is 2.15. The van der Waals surface area contributed by atoms with Crippen LogP contribution < -0.4 is 15.2 Å². The Hall–Kier alpha value is -2.00. The maximum absolute atomic E-state index is 6.43. The van der Waals surface area contributed by atoms with Gasteiger partial charge in [0.25, 0.3) is 0 Å². The van der Waals surface area contributed by atoms with Crippen molar-refractivity contribution in [2.24, 2.45) is 5.73 Å². The van der Waals surface area contributed by atoms with Crippen LogP contribution in [0.4, 0.5) is 0 Å². The first-order valence-corrected chi connectivity index (χ1v) is 7.18. The number of nitrogens with two attached hydrogens (primary N) is 1. The van der Waals surface area contributed by atoms with Crippen molar-refractivity contribution >= 4 is 0 Å². The Morgan fingerprint density at radius 3 is 2.33 bits per heavy atom. The van der Waals surface area contributed by atoms with Crippen molar-refractivity contribution < 1.29 is 9.47 Å². The first-order valence-electron chi connectivity index (χ1n) is 7.18. The number of hydrogen-bond acceptors (Lipinski definition) is 3. The molecule has 3 nitrogen and oxygen atoms in total. The van der Waals surface area contributed by atoms with E-state index in [-0.39, 0.29) is 12.1 Å². The van der Waals surface area contributed by atoms with Crippen LogP contribution in [0.15, 0.2) is 42.5 Å². The Morgan fingerprint density at radius 1 is 1.00 bits per heavy atom. The second kappa shape index (κ2) is 6.64. The zero-order valence-corrected chi connectivity index (χ0v) is 13.1. The fourth-order valence-electron chi connectivity index (χ4n) is 2.37. The summed E-state index contributed by atoms with van der Waals surface area (Å²) in [5.41, 5.74) is 9.55. The van der Waals surface area contributed by atoms with Gasteiger partial charge in [-0.05, 0) is 44.0 Å². The molecule has 0 saturated carbocycles. The lowest BCUT2D eigenvalue weighted by molar-refractivity contribution is 0.239. The Kier molecular flexibility index (Phi) is 4.86. The van der Waals surface area contributed by atoms with Crippen molar-refractivity contribution in [1.29, 1.82) is 0 Å². The van der Waals surface area contributed by atoms with Crippen molar-refractivity contribution in [2.45, 2.75) is 32.9 Å². The van der Waals surface area contributed by atoms with Crippen LogP contribution in [0.3, 0.4) is 0 Å². The first kappa shape index (κ1) is 15.4. The number of benzene rings is 2. The maximum Gasteiger partial charge on any atom is 0.124 e. The van der Waals surface area contributed by atoms with Gasteiger partial charge in [0.15, 0.2) is 0 Å². The van der Waals surface area contributed by atoms with Crippen molar-refractivity contribution in [1.82, 2.24) is 0 Å². The van der Waals surface area contributed by atoms with E-state index in [9.17, 15) is 0 Å². The molecule has 0 amide bonds. The quantitative estimate of drug-likeness (QED) is 0.907. The van der Waals surface area contributed by atoms with E-state index in [4.69, 9.17) is 15.2 Å². The predicted molar refractivity (Wildman–Crippen MR) is 86.0 cm³/mol. The lowest BCUT2D eigenvalue weighted by Gasteiger charge is -2.19. The standard InChI is InChI=1S/C18H23NO2/c1-12(2)21-17-8-6-5-7-15(17)18(19)14-9-10-16(20-4)13(3)11-14/h5-12,18H,19H2,1-4H3.